The second-order valence-electron chi connectivity index (χ2n) is 11.1. The Hall–Kier alpha value is -1.63. The third-order valence-corrected chi connectivity index (χ3v) is 8.73. The Morgan fingerprint density at radius 1 is 0.909 bits per heavy atom. The SMILES string of the molecule is C/C=C/CCc1cc(F)c2cc([C@@H]3CC[C@@H]4CC(CCCCCCC)CCC4C3)ccc2c1. The van der Waals surface area contributed by atoms with E-state index in [1.807, 2.05) is 6.92 Å². The van der Waals surface area contributed by atoms with Crippen molar-refractivity contribution in [3.63, 3.8) is 0 Å². The minimum Gasteiger partial charge on any atom is -0.206 e. The van der Waals surface area contributed by atoms with E-state index in [1.165, 1.54) is 82.6 Å². The molecule has 4 atom stereocenters. The number of rotatable bonds is 10. The summed E-state index contributed by atoms with van der Waals surface area (Å²) < 4.78 is 15.0. The van der Waals surface area contributed by atoms with Crippen LogP contribution in [0.4, 0.5) is 4.39 Å². The third-order valence-electron chi connectivity index (χ3n) is 8.73. The van der Waals surface area contributed by atoms with Crippen LogP contribution < -0.4 is 0 Å². The predicted octanol–water partition coefficient (Wildman–Crippen LogP) is 10.1. The molecule has 0 spiro atoms. The standard InChI is InChI=1S/C32H45F/c1-3-5-7-8-10-11-24-13-14-27-22-28(16-15-26(27)19-24)29-17-18-30-20-25(12-9-6-4-2)21-32(33)31(30)23-29/h4,6,17-18,20-21,23-24,26-28H,3,5,7-16,19,22H2,1-2H3/b6-4+/t24?,26-,27?,28-/m1/s1. The lowest BCUT2D eigenvalue weighted by Gasteiger charge is -2.42. The van der Waals surface area contributed by atoms with Crippen molar-refractivity contribution in [2.24, 2.45) is 17.8 Å². The number of unbranched alkanes of at least 4 members (excludes halogenated alkanes) is 4. The van der Waals surface area contributed by atoms with Crippen molar-refractivity contribution in [1.29, 1.82) is 0 Å². The second kappa shape index (κ2) is 12.2. The Labute approximate surface area is 202 Å². The molecule has 2 fully saturated rings. The van der Waals surface area contributed by atoms with Crippen molar-refractivity contribution in [3.05, 3.63) is 59.4 Å². The Morgan fingerprint density at radius 2 is 1.73 bits per heavy atom. The Bertz CT molecular complexity index is 910. The zero-order chi connectivity index (χ0) is 23.0. The monoisotopic (exact) mass is 448 g/mol. The summed E-state index contributed by atoms with van der Waals surface area (Å²) in [7, 11) is 0. The minimum atomic E-state index is -0.0436. The maximum absolute atomic E-state index is 15.0. The molecular formula is C32H45F. The van der Waals surface area contributed by atoms with E-state index in [0.717, 1.165) is 46.9 Å². The maximum atomic E-state index is 15.0. The van der Waals surface area contributed by atoms with Crippen LogP contribution in [0.3, 0.4) is 0 Å². The summed E-state index contributed by atoms with van der Waals surface area (Å²) in [6, 6.07) is 10.6. The van der Waals surface area contributed by atoms with Crippen molar-refractivity contribution in [2.75, 3.05) is 0 Å². The van der Waals surface area contributed by atoms with Crippen LogP contribution in [-0.2, 0) is 6.42 Å². The predicted molar refractivity (Wildman–Crippen MR) is 141 cm³/mol. The van der Waals surface area contributed by atoms with Gasteiger partial charge in [-0.1, -0.05) is 82.2 Å². The zero-order valence-electron chi connectivity index (χ0n) is 21.1. The summed E-state index contributed by atoms with van der Waals surface area (Å²) in [5.41, 5.74) is 2.48. The van der Waals surface area contributed by atoms with Gasteiger partial charge >= 0.3 is 0 Å². The van der Waals surface area contributed by atoms with E-state index < -0.39 is 0 Å². The first-order valence-corrected chi connectivity index (χ1v) is 14.0. The largest absolute Gasteiger partial charge is 0.206 e. The molecule has 0 amide bonds. The molecule has 4 rings (SSSR count). The molecule has 0 nitrogen and oxygen atoms in total. The first kappa shape index (κ1) is 24.5. The summed E-state index contributed by atoms with van der Waals surface area (Å²) >= 11 is 0. The van der Waals surface area contributed by atoms with Gasteiger partial charge in [0, 0.05) is 5.39 Å². The summed E-state index contributed by atoms with van der Waals surface area (Å²) in [6.07, 6.45) is 23.0. The molecule has 0 bridgehead atoms. The minimum absolute atomic E-state index is 0.0436. The van der Waals surface area contributed by atoms with Crippen molar-refractivity contribution in [3.8, 4) is 0 Å². The molecule has 2 aromatic carbocycles. The van der Waals surface area contributed by atoms with Crippen molar-refractivity contribution in [1.82, 2.24) is 0 Å². The van der Waals surface area contributed by atoms with Gasteiger partial charge < -0.3 is 0 Å². The van der Waals surface area contributed by atoms with E-state index in [4.69, 9.17) is 0 Å². The Kier molecular flexibility index (Phi) is 9.04. The van der Waals surface area contributed by atoms with E-state index in [1.54, 1.807) is 6.07 Å². The van der Waals surface area contributed by atoms with E-state index in [0.29, 0.717) is 5.92 Å². The summed E-state index contributed by atoms with van der Waals surface area (Å²) in [5.74, 6) is 3.41. The number of aryl methyl sites for hydroxylation is 1. The smallest absolute Gasteiger partial charge is 0.131 e. The topological polar surface area (TPSA) is 0 Å². The van der Waals surface area contributed by atoms with Gasteiger partial charge in [-0.25, -0.2) is 4.39 Å². The first-order valence-electron chi connectivity index (χ1n) is 14.0. The number of hydrogen-bond acceptors (Lipinski definition) is 0. The van der Waals surface area contributed by atoms with E-state index in [-0.39, 0.29) is 5.82 Å². The van der Waals surface area contributed by atoms with Crippen LogP contribution in [0.15, 0.2) is 42.5 Å². The molecule has 2 saturated carbocycles. The van der Waals surface area contributed by atoms with Gasteiger partial charge in [-0.2, -0.15) is 0 Å². The number of halogens is 1. The van der Waals surface area contributed by atoms with Gasteiger partial charge in [-0.05, 0) is 104 Å². The molecule has 0 aliphatic heterocycles. The summed E-state index contributed by atoms with van der Waals surface area (Å²) in [4.78, 5) is 0. The Morgan fingerprint density at radius 3 is 2.58 bits per heavy atom. The van der Waals surface area contributed by atoms with E-state index in [2.05, 4.69) is 43.3 Å². The lowest BCUT2D eigenvalue weighted by Crippen LogP contribution is -2.30. The molecule has 2 aromatic rings. The highest BCUT2D eigenvalue weighted by molar-refractivity contribution is 5.84. The normalized spacial score (nSPS) is 25.5. The van der Waals surface area contributed by atoms with Gasteiger partial charge in [0.1, 0.15) is 5.82 Å². The van der Waals surface area contributed by atoms with E-state index in [9.17, 15) is 4.39 Å². The van der Waals surface area contributed by atoms with Crippen LogP contribution in [0.2, 0.25) is 0 Å². The number of allylic oxidation sites excluding steroid dienone is 2. The van der Waals surface area contributed by atoms with Crippen molar-refractivity contribution >= 4 is 10.8 Å². The molecule has 0 N–H and O–H groups in total. The lowest BCUT2D eigenvalue weighted by molar-refractivity contribution is 0.113. The molecule has 0 radical (unpaired) electrons. The zero-order valence-corrected chi connectivity index (χ0v) is 21.1. The number of hydrogen-bond donors (Lipinski definition) is 0. The highest BCUT2D eigenvalue weighted by Crippen LogP contribution is 2.48. The average molecular weight is 449 g/mol. The van der Waals surface area contributed by atoms with Crippen LogP contribution in [0.1, 0.15) is 114 Å². The van der Waals surface area contributed by atoms with Crippen molar-refractivity contribution in [2.45, 2.75) is 110 Å². The second-order valence-corrected chi connectivity index (χ2v) is 11.1. The fraction of sp³-hybridized carbons (Fsp3) is 0.625. The summed E-state index contributed by atoms with van der Waals surface area (Å²) in [6.45, 7) is 4.34. The quantitative estimate of drug-likeness (QED) is 0.250. The fourth-order valence-electron chi connectivity index (χ4n) is 6.79. The van der Waals surface area contributed by atoms with Crippen LogP contribution in [0, 0.1) is 23.6 Å². The highest BCUT2D eigenvalue weighted by Gasteiger charge is 2.35. The van der Waals surface area contributed by atoms with Gasteiger partial charge in [-0.15, -0.1) is 0 Å². The molecular weight excluding hydrogens is 403 g/mol. The Balaban J connectivity index is 1.34. The van der Waals surface area contributed by atoms with Crippen LogP contribution in [0.25, 0.3) is 10.8 Å². The first-order chi connectivity index (χ1) is 16.2. The molecule has 0 saturated heterocycles. The van der Waals surface area contributed by atoms with Gasteiger partial charge in [-0.3, -0.25) is 0 Å². The van der Waals surface area contributed by atoms with Gasteiger partial charge in [0.25, 0.3) is 0 Å². The van der Waals surface area contributed by atoms with Gasteiger partial charge in [0.15, 0.2) is 0 Å². The van der Waals surface area contributed by atoms with Crippen LogP contribution >= 0.6 is 0 Å². The van der Waals surface area contributed by atoms with Crippen molar-refractivity contribution < 1.29 is 4.39 Å². The maximum Gasteiger partial charge on any atom is 0.131 e. The molecule has 2 aliphatic rings. The molecule has 180 valence electrons. The highest BCUT2D eigenvalue weighted by atomic mass is 19.1. The van der Waals surface area contributed by atoms with Crippen LogP contribution in [-0.4, -0.2) is 0 Å². The molecule has 0 heterocycles. The molecule has 2 aliphatic carbocycles. The molecule has 2 unspecified atom stereocenters. The van der Waals surface area contributed by atoms with Gasteiger partial charge in [0.2, 0.25) is 0 Å². The molecule has 33 heavy (non-hydrogen) atoms. The fourth-order valence-corrected chi connectivity index (χ4v) is 6.79. The lowest BCUT2D eigenvalue weighted by atomic mass is 9.63. The van der Waals surface area contributed by atoms with Gasteiger partial charge in [0.05, 0.1) is 0 Å². The van der Waals surface area contributed by atoms with E-state index >= 15 is 0 Å². The number of benzene rings is 2. The average Bonchev–Trinajstić information content (AvgIpc) is 2.83. The summed E-state index contributed by atoms with van der Waals surface area (Å²) in [5, 5.41) is 1.87. The molecule has 0 aromatic heterocycles. The number of fused-ring (bicyclic) bond motifs is 2. The van der Waals surface area contributed by atoms with Crippen LogP contribution in [0.5, 0.6) is 0 Å². The molecule has 1 heteroatoms. The third kappa shape index (κ3) is 6.49.